The van der Waals surface area contributed by atoms with Crippen LogP contribution in [0.1, 0.15) is 31.0 Å². The maximum absolute atomic E-state index is 13.3. The predicted octanol–water partition coefficient (Wildman–Crippen LogP) is 5.18. The second kappa shape index (κ2) is 9.48. The van der Waals surface area contributed by atoms with Gasteiger partial charge in [-0.15, -0.1) is 0 Å². The highest BCUT2D eigenvalue weighted by atomic mass is 32.2. The molecule has 0 amide bonds. The Hall–Kier alpha value is -3.26. The van der Waals surface area contributed by atoms with Crippen molar-refractivity contribution in [2.75, 3.05) is 13.7 Å². The Morgan fingerprint density at radius 2 is 2.00 bits per heavy atom. The summed E-state index contributed by atoms with van der Waals surface area (Å²) in [6.45, 7) is 4.05. The standard InChI is InChI=1S/C24H23FN2O4S/c1-4-30-23(28)20-15(2)26-24-27(12-13-32-24)21(20)18-6-5-7-19(29-3)22(18)31-14-16-8-10-17(25)11-9-16/h5-13,21H,4,14H2,1-3H3/t21-/m0/s1. The summed E-state index contributed by atoms with van der Waals surface area (Å²) in [5.41, 5.74) is 2.60. The summed E-state index contributed by atoms with van der Waals surface area (Å²) in [4.78, 5) is 19.5. The largest absolute Gasteiger partial charge is 0.493 e. The molecule has 0 saturated carbocycles. The molecule has 1 atom stereocenters. The number of carbonyl (C=O) groups excluding carboxylic acids is 1. The van der Waals surface area contributed by atoms with Crippen LogP contribution in [0.2, 0.25) is 0 Å². The van der Waals surface area contributed by atoms with Gasteiger partial charge in [-0.05, 0) is 43.0 Å². The number of ether oxygens (including phenoxy) is 3. The third kappa shape index (κ3) is 4.23. The fraction of sp³-hybridized carbons (Fsp3) is 0.250. The molecule has 2 aromatic carbocycles. The minimum absolute atomic E-state index is 0.212. The topological polar surface area (TPSA) is 60.4 Å². The number of benzene rings is 2. The van der Waals surface area contributed by atoms with Crippen LogP contribution in [0.5, 0.6) is 11.5 Å². The van der Waals surface area contributed by atoms with Gasteiger partial charge in [0.05, 0.1) is 31.0 Å². The minimum Gasteiger partial charge on any atom is -0.493 e. The normalized spacial score (nSPS) is 17.2. The first-order chi connectivity index (χ1) is 15.5. The first-order valence-corrected chi connectivity index (χ1v) is 11.0. The maximum Gasteiger partial charge on any atom is 0.338 e. The Bertz CT molecular complexity index is 1110. The number of para-hydroxylation sites is 1. The van der Waals surface area contributed by atoms with Crippen LogP contribution in [0.15, 0.2) is 70.3 Å². The molecule has 166 valence electrons. The zero-order chi connectivity index (χ0) is 22.7. The van der Waals surface area contributed by atoms with E-state index in [4.69, 9.17) is 14.2 Å². The quantitative estimate of drug-likeness (QED) is 0.537. The van der Waals surface area contributed by atoms with Crippen LogP contribution in [0.3, 0.4) is 0 Å². The van der Waals surface area contributed by atoms with Gasteiger partial charge in [-0.2, -0.15) is 0 Å². The zero-order valence-electron chi connectivity index (χ0n) is 18.0. The third-order valence-corrected chi connectivity index (χ3v) is 5.91. The van der Waals surface area contributed by atoms with Gasteiger partial charge in [0.15, 0.2) is 16.7 Å². The van der Waals surface area contributed by atoms with Gasteiger partial charge >= 0.3 is 5.97 Å². The van der Waals surface area contributed by atoms with Crippen molar-refractivity contribution in [2.45, 2.75) is 26.5 Å². The number of aliphatic imine (C=N–C) groups is 1. The van der Waals surface area contributed by atoms with Crippen LogP contribution in [0, 0.1) is 5.82 Å². The molecule has 0 unspecified atom stereocenters. The van der Waals surface area contributed by atoms with Crippen LogP contribution in [0.25, 0.3) is 0 Å². The Morgan fingerprint density at radius 1 is 1.22 bits per heavy atom. The molecule has 2 aliphatic heterocycles. The van der Waals surface area contributed by atoms with Gasteiger partial charge in [-0.3, -0.25) is 0 Å². The van der Waals surface area contributed by atoms with Crippen molar-refractivity contribution < 1.29 is 23.4 Å². The molecule has 0 N–H and O–H groups in total. The number of allylic oxidation sites excluding steroid dienone is 1. The van der Waals surface area contributed by atoms with Crippen LogP contribution < -0.4 is 9.47 Å². The summed E-state index contributed by atoms with van der Waals surface area (Å²) in [7, 11) is 1.57. The van der Waals surface area contributed by atoms with Crippen LogP contribution >= 0.6 is 11.8 Å². The highest BCUT2D eigenvalue weighted by Crippen LogP contribution is 2.46. The number of rotatable bonds is 7. The molecule has 0 aliphatic carbocycles. The van der Waals surface area contributed by atoms with Crippen molar-refractivity contribution in [1.29, 1.82) is 0 Å². The van der Waals surface area contributed by atoms with Gasteiger partial charge in [0.25, 0.3) is 0 Å². The van der Waals surface area contributed by atoms with E-state index < -0.39 is 12.0 Å². The van der Waals surface area contributed by atoms with E-state index in [9.17, 15) is 9.18 Å². The smallest absolute Gasteiger partial charge is 0.338 e. The molecule has 2 aliphatic rings. The van der Waals surface area contributed by atoms with E-state index in [-0.39, 0.29) is 19.0 Å². The summed E-state index contributed by atoms with van der Waals surface area (Å²) in [5, 5.41) is 2.69. The van der Waals surface area contributed by atoms with Crippen molar-refractivity contribution in [1.82, 2.24) is 4.90 Å². The zero-order valence-corrected chi connectivity index (χ0v) is 18.8. The average Bonchev–Trinajstić information content (AvgIpc) is 3.25. The van der Waals surface area contributed by atoms with E-state index in [1.54, 1.807) is 32.2 Å². The van der Waals surface area contributed by atoms with E-state index in [0.29, 0.717) is 22.8 Å². The van der Waals surface area contributed by atoms with Gasteiger partial charge in [0.2, 0.25) is 0 Å². The van der Waals surface area contributed by atoms with Crippen molar-refractivity contribution in [2.24, 2.45) is 4.99 Å². The molecule has 8 heteroatoms. The van der Waals surface area contributed by atoms with Gasteiger partial charge in [-0.1, -0.05) is 36.0 Å². The lowest BCUT2D eigenvalue weighted by atomic mass is 9.93. The number of nitrogens with zero attached hydrogens (tertiary/aromatic N) is 2. The summed E-state index contributed by atoms with van der Waals surface area (Å²) in [5.74, 6) is 0.310. The van der Waals surface area contributed by atoms with Gasteiger partial charge in [0.1, 0.15) is 12.4 Å². The SMILES string of the molecule is CCOC(=O)C1=C(C)N=C2SC=CN2[C@H]1c1cccc(OC)c1OCc1ccc(F)cc1. The number of fused-ring (bicyclic) bond motifs is 1. The lowest BCUT2D eigenvalue weighted by molar-refractivity contribution is -0.139. The molecule has 6 nitrogen and oxygen atoms in total. The Labute approximate surface area is 190 Å². The average molecular weight is 455 g/mol. The van der Waals surface area contributed by atoms with Crippen LogP contribution in [0.4, 0.5) is 4.39 Å². The molecule has 0 spiro atoms. The Morgan fingerprint density at radius 3 is 2.72 bits per heavy atom. The summed E-state index contributed by atoms with van der Waals surface area (Å²) >= 11 is 1.48. The number of esters is 1. The molecule has 0 saturated heterocycles. The Kier molecular flexibility index (Phi) is 6.50. The number of amidine groups is 1. The predicted molar refractivity (Wildman–Crippen MR) is 122 cm³/mol. The first-order valence-electron chi connectivity index (χ1n) is 10.2. The van der Waals surface area contributed by atoms with Crippen molar-refractivity contribution in [3.63, 3.8) is 0 Å². The minimum atomic E-state index is -0.494. The molecule has 0 fully saturated rings. The lowest BCUT2D eigenvalue weighted by Gasteiger charge is -2.34. The van der Waals surface area contributed by atoms with Gasteiger partial charge in [-0.25, -0.2) is 14.2 Å². The second-order valence-corrected chi connectivity index (χ2v) is 7.99. The molecular formula is C24H23FN2O4S. The van der Waals surface area contributed by atoms with E-state index in [0.717, 1.165) is 16.3 Å². The summed E-state index contributed by atoms with van der Waals surface area (Å²) in [6, 6.07) is 11.2. The van der Waals surface area contributed by atoms with Crippen LogP contribution in [-0.2, 0) is 16.1 Å². The maximum atomic E-state index is 13.3. The Balaban J connectivity index is 1.78. The highest BCUT2D eigenvalue weighted by molar-refractivity contribution is 8.16. The van der Waals surface area contributed by atoms with Crippen molar-refractivity contribution >= 4 is 22.9 Å². The fourth-order valence-corrected chi connectivity index (χ4v) is 4.47. The molecule has 0 aromatic heterocycles. The van der Waals surface area contributed by atoms with E-state index in [1.165, 1.54) is 23.9 Å². The lowest BCUT2D eigenvalue weighted by Crippen LogP contribution is -2.34. The number of halogens is 1. The molecule has 2 aromatic rings. The number of methoxy groups -OCH3 is 1. The van der Waals surface area contributed by atoms with Crippen LogP contribution in [-0.4, -0.2) is 29.8 Å². The van der Waals surface area contributed by atoms with E-state index in [2.05, 4.69) is 4.99 Å². The molecular weight excluding hydrogens is 431 g/mol. The number of thioether (sulfide) groups is 1. The number of hydrogen-bond acceptors (Lipinski definition) is 7. The number of hydrogen-bond donors (Lipinski definition) is 0. The fourth-order valence-electron chi connectivity index (χ4n) is 3.68. The van der Waals surface area contributed by atoms with E-state index >= 15 is 0 Å². The molecule has 2 heterocycles. The highest BCUT2D eigenvalue weighted by Gasteiger charge is 2.39. The monoisotopic (exact) mass is 454 g/mol. The molecule has 4 rings (SSSR count). The van der Waals surface area contributed by atoms with E-state index in [1.807, 2.05) is 35.6 Å². The van der Waals surface area contributed by atoms with Crippen molar-refractivity contribution in [3.05, 3.63) is 82.3 Å². The van der Waals surface area contributed by atoms with Crippen molar-refractivity contribution in [3.8, 4) is 11.5 Å². The van der Waals surface area contributed by atoms with Gasteiger partial charge in [0, 0.05) is 11.8 Å². The molecule has 32 heavy (non-hydrogen) atoms. The second-order valence-electron chi connectivity index (χ2n) is 7.12. The third-order valence-electron chi connectivity index (χ3n) is 5.14. The molecule has 0 bridgehead atoms. The molecule has 0 radical (unpaired) electrons. The van der Waals surface area contributed by atoms with Gasteiger partial charge < -0.3 is 19.1 Å². The number of carbonyl (C=O) groups is 1. The summed E-state index contributed by atoms with van der Waals surface area (Å²) < 4.78 is 30.4. The first kappa shape index (κ1) is 22.0. The summed E-state index contributed by atoms with van der Waals surface area (Å²) in [6.07, 6.45) is 1.89.